The smallest absolute Gasteiger partial charge is 0.256 e. The van der Waals surface area contributed by atoms with E-state index in [2.05, 4.69) is 21.2 Å². The van der Waals surface area contributed by atoms with E-state index < -0.39 is 0 Å². The maximum atomic E-state index is 12.3. The summed E-state index contributed by atoms with van der Waals surface area (Å²) in [5, 5.41) is 2.88. The number of hydrogen-bond acceptors (Lipinski definition) is 3. The molecule has 0 bridgehead atoms. The Hall–Kier alpha value is -1.69. The largest absolute Gasteiger partial charge is 0.346 e. The predicted molar refractivity (Wildman–Crippen MR) is 83.2 cm³/mol. The van der Waals surface area contributed by atoms with E-state index in [1.807, 2.05) is 42.5 Å². The van der Waals surface area contributed by atoms with Crippen LogP contribution in [0.15, 0.2) is 53.0 Å². The van der Waals surface area contributed by atoms with Crippen molar-refractivity contribution in [3.05, 3.63) is 64.1 Å². The topological polar surface area (TPSA) is 47.6 Å². The Bertz CT molecular complexity index is 653. The molecular weight excluding hydrogens is 334 g/mol. The number of nitrogens with one attached hydrogen (secondary N) is 1. The third-order valence-electron chi connectivity index (χ3n) is 3.16. The van der Waals surface area contributed by atoms with Gasteiger partial charge in [0.25, 0.3) is 5.91 Å². The van der Waals surface area contributed by atoms with E-state index in [0.29, 0.717) is 24.5 Å². The highest BCUT2D eigenvalue weighted by molar-refractivity contribution is 9.10. The Balaban J connectivity index is 1.77. The van der Waals surface area contributed by atoms with Crippen LogP contribution in [-0.4, -0.2) is 19.1 Å². The van der Waals surface area contributed by atoms with Crippen LogP contribution in [-0.2, 0) is 9.47 Å². The number of hydrogen-bond donors (Lipinski definition) is 1. The minimum absolute atomic E-state index is 0.159. The van der Waals surface area contributed by atoms with E-state index in [1.165, 1.54) is 0 Å². The van der Waals surface area contributed by atoms with Gasteiger partial charge in [-0.1, -0.05) is 24.3 Å². The molecule has 108 valence electrons. The lowest BCUT2D eigenvalue weighted by atomic mass is 10.1. The summed E-state index contributed by atoms with van der Waals surface area (Å²) in [6.07, 6.45) is -0.342. The molecular formula is C16H14BrNO3. The van der Waals surface area contributed by atoms with Crippen LogP contribution in [0.4, 0.5) is 5.69 Å². The molecule has 1 N–H and O–H groups in total. The molecule has 2 aromatic carbocycles. The molecule has 0 saturated carbocycles. The molecule has 1 aliphatic rings. The van der Waals surface area contributed by atoms with E-state index in [0.717, 1.165) is 10.0 Å². The summed E-state index contributed by atoms with van der Waals surface area (Å²) in [6, 6.07) is 14.8. The van der Waals surface area contributed by atoms with Crippen LogP contribution in [0, 0.1) is 0 Å². The fourth-order valence-electron chi connectivity index (χ4n) is 2.16. The Labute approximate surface area is 131 Å². The van der Waals surface area contributed by atoms with Crippen molar-refractivity contribution in [3.8, 4) is 0 Å². The van der Waals surface area contributed by atoms with Crippen LogP contribution in [0.25, 0.3) is 0 Å². The molecule has 1 heterocycles. The molecule has 21 heavy (non-hydrogen) atoms. The number of ether oxygens (including phenoxy) is 2. The van der Waals surface area contributed by atoms with Gasteiger partial charge in [-0.3, -0.25) is 4.79 Å². The SMILES string of the molecule is O=C(Nc1cccc(C2OCCO2)c1)c1ccccc1Br. The first-order valence-electron chi connectivity index (χ1n) is 6.63. The van der Waals surface area contributed by atoms with Crippen LogP contribution < -0.4 is 5.32 Å². The quantitative estimate of drug-likeness (QED) is 0.919. The monoisotopic (exact) mass is 347 g/mol. The predicted octanol–water partition coefficient (Wildman–Crippen LogP) is 3.75. The van der Waals surface area contributed by atoms with Gasteiger partial charge in [-0.2, -0.15) is 0 Å². The Morgan fingerprint density at radius 2 is 1.86 bits per heavy atom. The van der Waals surface area contributed by atoms with Gasteiger partial charge in [0.1, 0.15) is 0 Å². The number of rotatable bonds is 3. The fourth-order valence-corrected chi connectivity index (χ4v) is 2.62. The standard InChI is InChI=1S/C16H14BrNO3/c17-14-7-2-1-6-13(14)15(19)18-12-5-3-4-11(10-12)16-20-8-9-21-16/h1-7,10,16H,8-9H2,(H,18,19). The molecule has 2 aromatic rings. The van der Waals surface area contributed by atoms with Gasteiger partial charge < -0.3 is 14.8 Å². The van der Waals surface area contributed by atoms with Crippen molar-refractivity contribution in [2.75, 3.05) is 18.5 Å². The zero-order chi connectivity index (χ0) is 14.7. The molecule has 0 spiro atoms. The second-order valence-corrected chi connectivity index (χ2v) is 5.49. The minimum atomic E-state index is -0.342. The van der Waals surface area contributed by atoms with Crippen molar-refractivity contribution in [3.63, 3.8) is 0 Å². The number of halogens is 1. The highest BCUT2D eigenvalue weighted by Crippen LogP contribution is 2.26. The Morgan fingerprint density at radius 1 is 1.10 bits per heavy atom. The van der Waals surface area contributed by atoms with Crippen LogP contribution in [0.1, 0.15) is 22.2 Å². The third kappa shape index (κ3) is 3.32. The molecule has 1 fully saturated rings. The molecule has 4 nitrogen and oxygen atoms in total. The highest BCUT2D eigenvalue weighted by Gasteiger charge is 2.18. The number of carbonyl (C=O) groups excluding carboxylic acids is 1. The van der Waals surface area contributed by atoms with Gasteiger partial charge in [-0.05, 0) is 40.2 Å². The summed E-state index contributed by atoms with van der Waals surface area (Å²) in [5.74, 6) is -0.159. The molecule has 0 atom stereocenters. The maximum absolute atomic E-state index is 12.3. The molecule has 1 aliphatic heterocycles. The minimum Gasteiger partial charge on any atom is -0.346 e. The van der Waals surface area contributed by atoms with Crippen LogP contribution in [0.2, 0.25) is 0 Å². The molecule has 0 aliphatic carbocycles. The summed E-state index contributed by atoms with van der Waals surface area (Å²) in [4.78, 5) is 12.3. The number of amides is 1. The van der Waals surface area contributed by atoms with Crippen LogP contribution >= 0.6 is 15.9 Å². The molecule has 3 rings (SSSR count). The van der Waals surface area contributed by atoms with Crippen molar-refractivity contribution in [1.82, 2.24) is 0 Å². The van der Waals surface area contributed by atoms with Crippen LogP contribution in [0.5, 0.6) is 0 Å². The van der Waals surface area contributed by atoms with Crippen molar-refractivity contribution >= 4 is 27.5 Å². The average molecular weight is 348 g/mol. The zero-order valence-electron chi connectivity index (χ0n) is 11.2. The van der Waals surface area contributed by atoms with Gasteiger partial charge in [0.15, 0.2) is 6.29 Å². The Kier molecular flexibility index (Phi) is 4.34. The number of anilines is 1. The van der Waals surface area contributed by atoms with Crippen LogP contribution in [0.3, 0.4) is 0 Å². The van der Waals surface area contributed by atoms with E-state index >= 15 is 0 Å². The summed E-state index contributed by atoms with van der Waals surface area (Å²) in [6.45, 7) is 1.19. The van der Waals surface area contributed by atoms with Crippen molar-refractivity contribution < 1.29 is 14.3 Å². The van der Waals surface area contributed by atoms with Gasteiger partial charge >= 0.3 is 0 Å². The lowest BCUT2D eigenvalue weighted by Gasteiger charge is -2.12. The van der Waals surface area contributed by atoms with E-state index in [-0.39, 0.29) is 12.2 Å². The fraction of sp³-hybridized carbons (Fsp3) is 0.188. The first kappa shape index (κ1) is 14.3. The summed E-state index contributed by atoms with van der Waals surface area (Å²) < 4.78 is 11.7. The molecule has 1 amide bonds. The lowest BCUT2D eigenvalue weighted by molar-refractivity contribution is -0.0440. The molecule has 0 radical (unpaired) electrons. The summed E-state index contributed by atoms with van der Waals surface area (Å²) in [5.41, 5.74) is 2.21. The van der Waals surface area contributed by atoms with Gasteiger partial charge in [0.05, 0.1) is 18.8 Å². The van der Waals surface area contributed by atoms with E-state index in [9.17, 15) is 4.79 Å². The summed E-state index contributed by atoms with van der Waals surface area (Å²) in [7, 11) is 0. The van der Waals surface area contributed by atoms with E-state index in [1.54, 1.807) is 6.07 Å². The van der Waals surface area contributed by atoms with Gasteiger partial charge in [-0.15, -0.1) is 0 Å². The number of benzene rings is 2. The number of carbonyl (C=O) groups is 1. The van der Waals surface area contributed by atoms with E-state index in [4.69, 9.17) is 9.47 Å². The highest BCUT2D eigenvalue weighted by atomic mass is 79.9. The molecule has 5 heteroatoms. The van der Waals surface area contributed by atoms with Gasteiger partial charge in [0.2, 0.25) is 0 Å². The first-order chi connectivity index (χ1) is 10.2. The lowest BCUT2D eigenvalue weighted by Crippen LogP contribution is -2.12. The first-order valence-corrected chi connectivity index (χ1v) is 7.42. The normalized spacial score (nSPS) is 15.1. The van der Waals surface area contributed by atoms with Gasteiger partial charge in [-0.25, -0.2) is 0 Å². The maximum Gasteiger partial charge on any atom is 0.256 e. The van der Waals surface area contributed by atoms with Crippen molar-refractivity contribution in [2.24, 2.45) is 0 Å². The van der Waals surface area contributed by atoms with Gasteiger partial charge in [0, 0.05) is 15.7 Å². The second kappa shape index (κ2) is 6.39. The third-order valence-corrected chi connectivity index (χ3v) is 3.85. The van der Waals surface area contributed by atoms with Crippen molar-refractivity contribution in [1.29, 1.82) is 0 Å². The Morgan fingerprint density at radius 3 is 2.62 bits per heavy atom. The summed E-state index contributed by atoms with van der Waals surface area (Å²) >= 11 is 3.38. The van der Waals surface area contributed by atoms with Crippen molar-refractivity contribution in [2.45, 2.75) is 6.29 Å². The average Bonchev–Trinajstić information content (AvgIpc) is 3.02. The second-order valence-electron chi connectivity index (χ2n) is 4.63. The zero-order valence-corrected chi connectivity index (χ0v) is 12.8. The molecule has 0 aromatic heterocycles. The molecule has 1 saturated heterocycles. The molecule has 0 unspecified atom stereocenters.